The highest BCUT2D eigenvalue weighted by molar-refractivity contribution is 6.31. The van der Waals surface area contributed by atoms with Crippen LogP contribution in [0.3, 0.4) is 0 Å². The molecule has 0 radical (unpaired) electrons. The molecule has 0 N–H and O–H groups in total. The van der Waals surface area contributed by atoms with Crippen LogP contribution in [0.25, 0.3) is 22.7 Å². The van der Waals surface area contributed by atoms with E-state index in [2.05, 4.69) is 9.97 Å². The quantitative estimate of drug-likeness (QED) is 0.389. The van der Waals surface area contributed by atoms with Crippen molar-refractivity contribution in [2.75, 3.05) is 0 Å². The number of aromatic nitrogens is 2. The van der Waals surface area contributed by atoms with Crippen molar-refractivity contribution in [1.29, 1.82) is 0 Å². The minimum atomic E-state index is -0.151. The summed E-state index contributed by atoms with van der Waals surface area (Å²) in [4.78, 5) is 21.9. The number of aryl methyl sites for hydroxylation is 1. The first-order valence-corrected chi connectivity index (χ1v) is 8.31. The van der Waals surface area contributed by atoms with Crippen molar-refractivity contribution in [2.24, 2.45) is 0 Å². The third kappa shape index (κ3) is 3.17. The first-order chi connectivity index (χ1) is 12.7. The van der Waals surface area contributed by atoms with Crippen LogP contribution in [0.1, 0.15) is 27.5 Å². The molecule has 0 unspecified atom stereocenters. The Balaban J connectivity index is 1.85. The summed E-state index contributed by atoms with van der Waals surface area (Å²) in [6, 6.07) is 20.5. The summed E-state index contributed by atoms with van der Waals surface area (Å²) in [5.41, 5.74) is 4.09. The minimum absolute atomic E-state index is 0.151. The number of hydrogen-bond donors (Lipinski definition) is 0. The standard InChI is InChI=1S/C22H16N2O2/c1-15-9-11-16(12-10-15)21(25)18(14-17-6-4-5-13-23-17)22-24-19-7-2-3-8-20(19)26-22/h2-14H,1H3. The van der Waals surface area contributed by atoms with Crippen LogP contribution in [0.15, 0.2) is 77.3 Å². The van der Waals surface area contributed by atoms with Crippen LogP contribution in [-0.4, -0.2) is 15.8 Å². The number of hydrogen-bond acceptors (Lipinski definition) is 4. The molecular weight excluding hydrogens is 324 g/mol. The van der Waals surface area contributed by atoms with E-state index in [1.54, 1.807) is 12.3 Å². The van der Waals surface area contributed by atoms with Crippen molar-refractivity contribution in [2.45, 2.75) is 6.92 Å². The first-order valence-electron chi connectivity index (χ1n) is 8.31. The predicted molar refractivity (Wildman–Crippen MR) is 102 cm³/mol. The van der Waals surface area contributed by atoms with E-state index >= 15 is 0 Å². The van der Waals surface area contributed by atoms with E-state index in [1.807, 2.05) is 73.7 Å². The zero-order valence-corrected chi connectivity index (χ0v) is 14.2. The van der Waals surface area contributed by atoms with Gasteiger partial charge in [-0.05, 0) is 37.3 Å². The number of para-hydroxylation sites is 2. The molecule has 4 aromatic rings. The Bertz CT molecular complexity index is 1060. The van der Waals surface area contributed by atoms with Crippen LogP contribution < -0.4 is 0 Å². The number of carbonyl (C=O) groups is 1. The SMILES string of the molecule is Cc1ccc(C(=O)C(=Cc2ccccn2)c2nc3ccccc3o2)cc1. The molecule has 0 spiro atoms. The van der Waals surface area contributed by atoms with Gasteiger partial charge in [-0.25, -0.2) is 4.98 Å². The fourth-order valence-corrected chi connectivity index (χ4v) is 2.68. The van der Waals surface area contributed by atoms with E-state index in [0.717, 1.165) is 5.56 Å². The molecule has 0 amide bonds. The molecule has 0 saturated heterocycles. The Kier molecular flexibility index (Phi) is 4.15. The highest BCUT2D eigenvalue weighted by atomic mass is 16.3. The highest BCUT2D eigenvalue weighted by Gasteiger charge is 2.20. The lowest BCUT2D eigenvalue weighted by Crippen LogP contribution is -2.03. The molecule has 2 aromatic heterocycles. The summed E-state index contributed by atoms with van der Waals surface area (Å²) in [6.45, 7) is 1.99. The van der Waals surface area contributed by atoms with Crippen LogP contribution >= 0.6 is 0 Å². The minimum Gasteiger partial charge on any atom is -0.436 e. The predicted octanol–water partition coefficient (Wildman–Crippen LogP) is 4.95. The summed E-state index contributed by atoms with van der Waals surface area (Å²) in [6.07, 6.45) is 3.40. The van der Waals surface area contributed by atoms with E-state index in [1.165, 1.54) is 0 Å². The maximum atomic E-state index is 13.1. The molecule has 4 nitrogen and oxygen atoms in total. The first kappa shape index (κ1) is 16.0. The van der Waals surface area contributed by atoms with Crippen LogP contribution in [0, 0.1) is 6.92 Å². The molecule has 2 heterocycles. The van der Waals surface area contributed by atoms with E-state index in [9.17, 15) is 4.79 Å². The average molecular weight is 340 g/mol. The van der Waals surface area contributed by atoms with Crippen molar-refractivity contribution in [3.63, 3.8) is 0 Å². The molecule has 126 valence electrons. The third-order valence-electron chi connectivity index (χ3n) is 4.06. The zero-order chi connectivity index (χ0) is 17.9. The molecule has 0 aliphatic heterocycles. The van der Waals surface area contributed by atoms with Gasteiger partial charge in [0.2, 0.25) is 5.89 Å². The number of benzene rings is 2. The van der Waals surface area contributed by atoms with Crippen molar-refractivity contribution in [3.05, 3.63) is 95.6 Å². The van der Waals surface area contributed by atoms with Gasteiger partial charge in [-0.15, -0.1) is 0 Å². The van der Waals surface area contributed by atoms with Gasteiger partial charge < -0.3 is 4.42 Å². The second-order valence-corrected chi connectivity index (χ2v) is 5.99. The van der Waals surface area contributed by atoms with Gasteiger partial charge in [0, 0.05) is 11.8 Å². The molecule has 4 heteroatoms. The number of oxazole rings is 1. The van der Waals surface area contributed by atoms with Crippen molar-refractivity contribution < 1.29 is 9.21 Å². The van der Waals surface area contributed by atoms with Crippen LogP contribution in [-0.2, 0) is 0 Å². The van der Waals surface area contributed by atoms with Crippen LogP contribution in [0.4, 0.5) is 0 Å². The fourth-order valence-electron chi connectivity index (χ4n) is 2.68. The summed E-state index contributed by atoms with van der Waals surface area (Å²) < 4.78 is 5.84. The molecule has 0 fully saturated rings. The van der Waals surface area contributed by atoms with Gasteiger partial charge in [-0.1, -0.05) is 48.0 Å². The molecule has 0 bridgehead atoms. The summed E-state index contributed by atoms with van der Waals surface area (Å²) >= 11 is 0. The lowest BCUT2D eigenvalue weighted by Gasteiger charge is -2.04. The largest absolute Gasteiger partial charge is 0.436 e. The van der Waals surface area contributed by atoms with E-state index in [-0.39, 0.29) is 5.78 Å². The Labute approximate surface area is 150 Å². The van der Waals surface area contributed by atoms with Gasteiger partial charge in [-0.2, -0.15) is 0 Å². The number of allylic oxidation sites excluding steroid dienone is 1. The number of fused-ring (bicyclic) bond motifs is 1. The normalized spacial score (nSPS) is 11.7. The average Bonchev–Trinajstić information content (AvgIpc) is 3.11. The molecule has 26 heavy (non-hydrogen) atoms. The molecular formula is C22H16N2O2. The zero-order valence-electron chi connectivity index (χ0n) is 14.2. The Hall–Kier alpha value is -3.53. The molecule has 0 aliphatic carbocycles. The second-order valence-electron chi connectivity index (χ2n) is 5.99. The lowest BCUT2D eigenvalue weighted by molar-refractivity contribution is 0.105. The van der Waals surface area contributed by atoms with Gasteiger partial charge in [0.25, 0.3) is 0 Å². The summed E-state index contributed by atoms with van der Waals surface area (Å²) in [5.74, 6) is 0.143. The number of carbonyl (C=O) groups excluding carboxylic acids is 1. The molecule has 4 rings (SSSR count). The lowest BCUT2D eigenvalue weighted by atomic mass is 10.0. The molecule has 2 aromatic carbocycles. The number of pyridine rings is 1. The van der Waals surface area contributed by atoms with E-state index < -0.39 is 0 Å². The van der Waals surface area contributed by atoms with Crippen LogP contribution in [0.2, 0.25) is 0 Å². The summed E-state index contributed by atoms with van der Waals surface area (Å²) in [7, 11) is 0. The fraction of sp³-hybridized carbons (Fsp3) is 0.0455. The number of nitrogens with zero attached hydrogens (tertiary/aromatic N) is 2. The Morgan fingerprint density at radius 2 is 1.73 bits per heavy atom. The van der Waals surface area contributed by atoms with Gasteiger partial charge in [0.15, 0.2) is 11.4 Å². The van der Waals surface area contributed by atoms with Gasteiger partial charge in [-0.3, -0.25) is 9.78 Å². The van der Waals surface area contributed by atoms with E-state index in [0.29, 0.717) is 33.8 Å². The van der Waals surface area contributed by atoms with Gasteiger partial charge >= 0.3 is 0 Å². The Morgan fingerprint density at radius 3 is 2.46 bits per heavy atom. The maximum Gasteiger partial charge on any atom is 0.231 e. The second kappa shape index (κ2) is 6.76. The Morgan fingerprint density at radius 1 is 0.962 bits per heavy atom. The number of rotatable bonds is 4. The smallest absolute Gasteiger partial charge is 0.231 e. The van der Waals surface area contributed by atoms with Crippen molar-refractivity contribution in [1.82, 2.24) is 9.97 Å². The third-order valence-corrected chi connectivity index (χ3v) is 4.06. The maximum absolute atomic E-state index is 13.1. The molecule has 0 saturated carbocycles. The van der Waals surface area contributed by atoms with Crippen molar-refractivity contribution in [3.8, 4) is 0 Å². The monoisotopic (exact) mass is 340 g/mol. The molecule has 0 aliphatic rings. The topological polar surface area (TPSA) is 56.0 Å². The van der Waals surface area contributed by atoms with Gasteiger partial charge in [0.1, 0.15) is 5.52 Å². The van der Waals surface area contributed by atoms with E-state index in [4.69, 9.17) is 4.42 Å². The number of Topliss-reactive ketones (excluding diaryl/α,β-unsaturated/α-hetero) is 1. The van der Waals surface area contributed by atoms with Gasteiger partial charge in [0.05, 0.1) is 11.3 Å². The number of ketones is 1. The molecule has 0 atom stereocenters. The highest BCUT2D eigenvalue weighted by Crippen LogP contribution is 2.25. The summed E-state index contributed by atoms with van der Waals surface area (Å²) in [5, 5.41) is 0. The van der Waals surface area contributed by atoms with Crippen LogP contribution in [0.5, 0.6) is 0 Å². The van der Waals surface area contributed by atoms with Crippen molar-refractivity contribution >= 4 is 28.5 Å².